The first-order chi connectivity index (χ1) is 14.5. The number of amides is 2. The first-order valence-corrected chi connectivity index (χ1v) is 10.8. The van der Waals surface area contributed by atoms with E-state index in [1.807, 2.05) is 24.3 Å². The van der Waals surface area contributed by atoms with Crippen LogP contribution in [0.5, 0.6) is 11.5 Å². The molecule has 2 amide bonds. The molecule has 3 rings (SSSR count). The Hall–Kier alpha value is -2.26. The molecule has 9 heteroatoms. The van der Waals surface area contributed by atoms with Crippen molar-refractivity contribution < 1.29 is 24.2 Å². The molecule has 30 heavy (non-hydrogen) atoms. The minimum atomic E-state index is -0.652. The number of hydrogen-bond donors (Lipinski definition) is 3. The zero-order valence-electron chi connectivity index (χ0n) is 16.2. The van der Waals surface area contributed by atoms with E-state index in [9.17, 15) is 14.7 Å². The van der Waals surface area contributed by atoms with Gasteiger partial charge in [0.2, 0.25) is 5.91 Å². The molecule has 7 nitrogen and oxygen atoms in total. The highest BCUT2D eigenvalue weighted by Crippen LogP contribution is 2.23. The largest absolute Gasteiger partial charge is 0.492 e. The van der Waals surface area contributed by atoms with Crippen LogP contribution in [0, 0.1) is 0 Å². The molecule has 0 bridgehead atoms. The van der Waals surface area contributed by atoms with E-state index in [1.165, 1.54) is 0 Å². The van der Waals surface area contributed by atoms with Crippen molar-refractivity contribution in [2.24, 2.45) is 0 Å². The smallest absolute Gasteiger partial charge is 0.286 e. The van der Waals surface area contributed by atoms with E-state index in [2.05, 4.69) is 10.6 Å². The number of thioether (sulfide) groups is 1. The number of aliphatic hydroxyl groups is 1. The summed E-state index contributed by atoms with van der Waals surface area (Å²) in [5.74, 6) is 1.09. The highest BCUT2D eigenvalue weighted by atomic mass is 35.5. The van der Waals surface area contributed by atoms with Crippen molar-refractivity contribution in [3.05, 3.63) is 59.1 Å². The van der Waals surface area contributed by atoms with Gasteiger partial charge >= 0.3 is 0 Å². The molecule has 1 saturated heterocycles. The summed E-state index contributed by atoms with van der Waals surface area (Å²) in [5, 5.41) is 15.3. The Balaban J connectivity index is 1.29. The summed E-state index contributed by atoms with van der Waals surface area (Å²) in [4.78, 5) is 22.8. The van der Waals surface area contributed by atoms with Crippen LogP contribution in [0.2, 0.25) is 5.02 Å². The van der Waals surface area contributed by atoms with Crippen molar-refractivity contribution in [3.63, 3.8) is 0 Å². The fourth-order valence-corrected chi connectivity index (χ4v) is 3.82. The number of rotatable bonds is 11. The van der Waals surface area contributed by atoms with Gasteiger partial charge in [-0.2, -0.15) is 0 Å². The number of halogens is 1. The van der Waals surface area contributed by atoms with Crippen LogP contribution >= 0.6 is 23.4 Å². The third kappa shape index (κ3) is 7.21. The summed E-state index contributed by atoms with van der Waals surface area (Å²) < 4.78 is 11.2. The highest BCUT2D eigenvalue weighted by molar-refractivity contribution is 8.15. The van der Waals surface area contributed by atoms with Gasteiger partial charge < -0.3 is 19.9 Å². The fourth-order valence-electron chi connectivity index (χ4n) is 2.78. The van der Waals surface area contributed by atoms with E-state index in [0.717, 1.165) is 17.3 Å². The Bertz CT molecular complexity index is 865. The van der Waals surface area contributed by atoms with E-state index in [1.54, 1.807) is 24.3 Å². The zero-order valence-corrected chi connectivity index (χ0v) is 17.7. The third-order valence-electron chi connectivity index (χ3n) is 4.28. The van der Waals surface area contributed by atoms with E-state index in [4.69, 9.17) is 21.1 Å². The Morgan fingerprint density at radius 1 is 1.13 bits per heavy atom. The highest BCUT2D eigenvalue weighted by Gasteiger charge is 2.31. The number of imide groups is 1. The second-order valence-electron chi connectivity index (χ2n) is 6.71. The molecule has 0 aliphatic carbocycles. The Morgan fingerprint density at radius 2 is 1.93 bits per heavy atom. The van der Waals surface area contributed by atoms with Crippen LogP contribution in [-0.2, 0) is 11.2 Å². The molecule has 0 aromatic heterocycles. The van der Waals surface area contributed by atoms with E-state index >= 15 is 0 Å². The van der Waals surface area contributed by atoms with Crippen LogP contribution in [0.15, 0.2) is 48.5 Å². The van der Waals surface area contributed by atoms with Gasteiger partial charge in [0.05, 0.1) is 5.25 Å². The van der Waals surface area contributed by atoms with Crippen LogP contribution in [0.3, 0.4) is 0 Å². The number of ether oxygens (including phenoxy) is 2. The maximum absolute atomic E-state index is 11.6. The molecular formula is C21H23ClN2O5S. The molecule has 1 fully saturated rings. The predicted octanol–water partition coefficient (Wildman–Crippen LogP) is 2.64. The number of carbonyl (C=O) groups excluding carboxylic acids is 2. The van der Waals surface area contributed by atoms with Gasteiger partial charge in [-0.25, -0.2) is 0 Å². The normalized spacial score (nSPS) is 16.9. The molecule has 3 N–H and O–H groups in total. The van der Waals surface area contributed by atoms with Gasteiger partial charge in [-0.15, -0.1) is 0 Å². The molecule has 1 aliphatic rings. The average molecular weight is 451 g/mol. The standard InChI is InChI=1S/C21H23ClN2O5S/c22-15-2-1-3-18(11-15)29-13-16(25)12-23-8-9-28-17-6-4-14(5-7-17)10-19-20(26)24-21(27)30-19/h1-7,11,16,19,23,25H,8-10,12-13H2,(H,24,26,27). The summed E-state index contributed by atoms with van der Waals surface area (Å²) >= 11 is 6.91. The second kappa shape index (κ2) is 11.2. The van der Waals surface area contributed by atoms with Crippen molar-refractivity contribution in [3.8, 4) is 11.5 Å². The van der Waals surface area contributed by atoms with Gasteiger partial charge in [0.1, 0.15) is 30.8 Å². The lowest BCUT2D eigenvalue weighted by atomic mass is 10.1. The monoisotopic (exact) mass is 450 g/mol. The Kier molecular flexibility index (Phi) is 8.39. The summed E-state index contributed by atoms with van der Waals surface area (Å²) in [7, 11) is 0. The van der Waals surface area contributed by atoms with Gasteiger partial charge in [0, 0.05) is 18.1 Å². The minimum Gasteiger partial charge on any atom is -0.492 e. The van der Waals surface area contributed by atoms with Gasteiger partial charge in [-0.05, 0) is 42.3 Å². The van der Waals surface area contributed by atoms with Crippen molar-refractivity contribution in [1.82, 2.24) is 10.6 Å². The van der Waals surface area contributed by atoms with Crippen molar-refractivity contribution in [2.45, 2.75) is 17.8 Å². The molecule has 0 saturated carbocycles. The van der Waals surface area contributed by atoms with E-state index in [-0.39, 0.29) is 23.0 Å². The van der Waals surface area contributed by atoms with Crippen LogP contribution in [0.25, 0.3) is 0 Å². The van der Waals surface area contributed by atoms with Gasteiger partial charge in [-0.1, -0.05) is 41.6 Å². The SMILES string of the molecule is O=C1NC(=O)C(Cc2ccc(OCCNCC(O)COc3cccc(Cl)c3)cc2)S1. The molecule has 0 radical (unpaired) electrons. The summed E-state index contributed by atoms with van der Waals surface area (Å²) in [6.07, 6.45) is -0.153. The van der Waals surface area contributed by atoms with Gasteiger partial charge in [0.25, 0.3) is 5.24 Å². The molecule has 2 aromatic carbocycles. The number of benzene rings is 2. The molecule has 2 atom stereocenters. The maximum atomic E-state index is 11.6. The van der Waals surface area contributed by atoms with Gasteiger partial charge in [-0.3, -0.25) is 14.9 Å². The quantitative estimate of drug-likeness (QED) is 0.453. The second-order valence-corrected chi connectivity index (χ2v) is 8.32. The molecule has 1 aliphatic heterocycles. The summed E-state index contributed by atoms with van der Waals surface area (Å²) in [5.41, 5.74) is 0.964. The molecule has 1 heterocycles. The maximum Gasteiger partial charge on any atom is 0.286 e. The lowest BCUT2D eigenvalue weighted by Crippen LogP contribution is -2.33. The lowest BCUT2D eigenvalue weighted by Gasteiger charge is -2.14. The van der Waals surface area contributed by atoms with Crippen molar-refractivity contribution in [1.29, 1.82) is 0 Å². The predicted molar refractivity (Wildman–Crippen MR) is 116 cm³/mol. The third-order valence-corrected chi connectivity index (χ3v) is 5.49. The number of hydrogen-bond acceptors (Lipinski definition) is 7. The molecule has 2 aromatic rings. The Labute approximate surface area is 184 Å². The number of nitrogens with one attached hydrogen (secondary N) is 2. The van der Waals surface area contributed by atoms with Crippen LogP contribution in [0.1, 0.15) is 5.56 Å². The molecular weight excluding hydrogens is 428 g/mol. The first kappa shape index (κ1) is 22.4. The van der Waals surface area contributed by atoms with E-state index < -0.39 is 6.10 Å². The minimum absolute atomic E-state index is 0.165. The first-order valence-electron chi connectivity index (χ1n) is 9.50. The summed E-state index contributed by atoms with van der Waals surface area (Å²) in [6.45, 7) is 1.55. The number of carbonyl (C=O) groups is 2. The van der Waals surface area contributed by atoms with Crippen molar-refractivity contribution >= 4 is 34.5 Å². The topological polar surface area (TPSA) is 96.9 Å². The molecule has 0 spiro atoms. The molecule has 160 valence electrons. The zero-order chi connectivity index (χ0) is 21.3. The van der Waals surface area contributed by atoms with Crippen LogP contribution in [-0.4, -0.2) is 53.9 Å². The van der Waals surface area contributed by atoms with Crippen LogP contribution < -0.4 is 20.1 Å². The van der Waals surface area contributed by atoms with Gasteiger partial charge in [0.15, 0.2) is 0 Å². The van der Waals surface area contributed by atoms with Crippen LogP contribution in [0.4, 0.5) is 4.79 Å². The Morgan fingerprint density at radius 3 is 2.63 bits per heavy atom. The van der Waals surface area contributed by atoms with E-state index in [0.29, 0.717) is 42.6 Å². The molecule has 2 unspecified atom stereocenters. The fraction of sp³-hybridized carbons (Fsp3) is 0.333. The average Bonchev–Trinajstić information content (AvgIpc) is 3.04. The van der Waals surface area contributed by atoms with Crippen molar-refractivity contribution in [2.75, 3.05) is 26.3 Å². The summed E-state index contributed by atoms with van der Waals surface area (Å²) in [6, 6.07) is 14.5. The number of aliphatic hydroxyl groups excluding tert-OH is 1. The lowest BCUT2D eigenvalue weighted by molar-refractivity contribution is -0.118.